The molecule has 1 aliphatic heterocycles. The van der Waals surface area contributed by atoms with Crippen molar-refractivity contribution in [2.24, 2.45) is 11.7 Å². The average Bonchev–Trinajstić information content (AvgIpc) is 3.60. The van der Waals surface area contributed by atoms with Crippen LogP contribution in [0.2, 0.25) is 0 Å². The van der Waals surface area contributed by atoms with Crippen LogP contribution in [0.15, 0.2) is 143 Å². The summed E-state index contributed by atoms with van der Waals surface area (Å²) in [6.07, 6.45) is -0.956. The highest BCUT2D eigenvalue weighted by molar-refractivity contribution is 7.99. The van der Waals surface area contributed by atoms with Gasteiger partial charge in [-0.25, -0.2) is 4.98 Å². The second-order valence-corrected chi connectivity index (χ2v) is 13.0. The van der Waals surface area contributed by atoms with Gasteiger partial charge in [-0.1, -0.05) is 152 Å². The van der Waals surface area contributed by atoms with E-state index in [1.165, 1.54) is 0 Å². The zero-order valence-electron chi connectivity index (χ0n) is 26.7. The summed E-state index contributed by atoms with van der Waals surface area (Å²) in [7, 11) is 0. The van der Waals surface area contributed by atoms with E-state index in [4.69, 9.17) is 24.6 Å². The number of aliphatic hydroxyl groups excluding tert-OH is 1. The molecule has 0 aliphatic carbocycles. The quantitative estimate of drug-likeness (QED) is 0.142. The van der Waals surface area contributed by atoms with Crippen LogP contribution < -0.4 is 5.73 Å². The van der Waals surface area contributed by atoms with Crippen molar-refractivity contribution in [2.75, 3.05) is 5.75 Å². The lowest BCUT2D eigenvalue weighted by Crippen LogP contribution is -2.38. The Kier molecular flexibility index (Phi) is 9.84. The van der Waals surface area contributed by atoms with Crippen LogP contribution in [0.25, 0.3) is 33.7 Å². The van der Waals surface area contributed by atoms with Crippen LogP contribution in [-0.2, 0) is 22.6 Å². The molecule has 5 aromatic carbocycles. The monoisotopic (exact) mass is 654 g/mol. The minimum atomic E-state index is -0.572. The molecule has 0 bridgehead atoms. The van der Waals surface area contributed by atoms with Crippen molar-refractivity contribution >= 4 is 11.8 Å². The van der Waals surface area contributed by atoms with Gasteiger partial charge in [0.15, 0.2) is 12.1 Å². The number of benzene rings is 5. The fourth-order valence-corrected chi connectivity index (χ4v) is 7.19. The van der Waals surface area contributed by atoms with E-state index >= 15 is 0 Å². The van der Waals surface area contributed by atoms with E-state index in [9.17, 15) is 5.11 Å². The predicted molar refractivity (Wildman–Crippen MR) is 191 cm³/mol. The molecular formula is C41H38N2O4S. The first-order valence-electron chi connectivity index (χ1n) is 16.2. The molecule has 7 rings (SSSR count). The fraction of sp³-hybridized carbons (Fsp3) is 0.195. The number of nitrogens with zero attached hydrogens (tertiary/aromatic N) is 1. The lowest BCUT2D eigenvalue weighted by molar-refractivity contribution is -0.268. The summed E-state index contributed by atoms with van der Waals surface area (Å²) in [6.45, 7) is 2.64. The molecule has 0 radical (unpaired) electrons. The number of nitrogens with two attached hydrogens (primary N) is 1. The van der Waals surface area contributed by atoms with Gasteiger partial charge >= 0.3 is 0 Å². The molecule has 6 nitrogen and oxygen atoms in total. The lowest BCUT2D eigenvalue weighted by Gasteiger charge is -2.41. The zero-order chi connectivity index (χ0) is 32.9. The van der Waals surface area contributed by atoms with E-state index < -0.39 is 6.29 Å². The maximum Gasteiger partial charge on any atom is 0.256 e. The topological polar surface area (TPSA) is 90.7 Å². The Morgan fingerprint density at radius 1 is 0.708 bits per heavy atom. The molecule has 3 N–H and O–H groups in total. The molecule has 6 aromatic rings. The van der Waals surface area contributed by atoms with Crippen LogP contribution in [0, 0.1) is 5.92 Å². The Morgan fingerprint density at radius 2 is 1.35 bits per heavy atom. The number of oxazole rings is 1. The number of rotatable bonds is 10. The minimum absolute atomic E-state index is 0.00191. The zero-order valence-corrected chi connectivity index (χ0v) is 27.6. The van der Waals surface area contributed by atoms with Crippen LogP contribution in [0.1, 0.15) is 41.6 Å². The summed E-state index contributed by atoms with van der Waals surface area (Å²) >= 11 is 1.56. The Labute approximate surface area is 285 Å². The molecule has 0 saturated carbocycles. The van der Waals surface area contributed by atoms with Crippen LogP contribution in [-0.4, -0.2) is 21.9 Å². The summed E-state index contributed by atoms with van der Waals surface area (Å²) in [5.74, 6) is 1.40. The van der Waals surface area contributed by atoms with Crippen LogP contribution in [0.3, 0.4) is 0 Å². The van der Waals surface area contributed by atoms with Crippen molar-refractivity contribution in [1.82, 2.24) is 4.98 Å². The van der Waals surface area contributed by atoms with Crippen molar-refractivity contribution in [3.63, 3.8) is 0 Å². The summed E-state index contributed by atoms with van der Waals surface area (Å²) in [5, 5.41) is 10.2. The second kappa shape index (κ2) is 14.7. The van der Waals surface area contributed by atoms with E-state index in [1.54, 1.807) is 11.8 Å². The summed E-state index contributed by atoms with van der Waals surface area (Å²) in [4.78, 5) is 4.97. The van der Waals surface area contributed by atoms with Gasteiger partial charge in [0.25, 0.3) is 5.22 Å². The van der Waals surface area contributed by atoms with E-state index in [0.717, 1.165) is 56.0 Å². The molecule has 7 heteroatoms. The summed E-state index contributed by atoms with van der Waals surface area (Å²) in [6, 6.07) is 44.8. The molecule has 0 unspecified atom stereocenters. The Balaban J connectivity index is 1.17. The van der Waals surface area contributed by atoms with Gasteiger partial charge in [0.1, 0.15) is 5.69 Å². The third-order valence-corrected chi connectivity index (χ3v) is 9.83. The SMILES string of the molecule is C[C@H]1[C@@H](CSc2nc(-c3ccccc3)c(-c3ccccc3)o2)O[C@@H](c2ccc(-c3ccccc3CN)cc2)O[C@H]1c1ccc(CO)cc1. The molecule has 242 valence electrons. The third kappa shape index (κ3) is 6.88. The Bertz CT molecular complexity index is 1870. The summed E-state index contributed by atoms with van der Waals surface area (Å²) in [5.41, 5.74) is 15.0. The van der Waals surface area contributed by atoms with E-state index in [2.05, 4.69) is 55.5 Å². The highest BCUT2D eigenvalue weighted by Gasteiger charge is 2.38. The van der Waals surface area contributed by atoms with Gasteiger partial charge < -0.3 is 24.7 Å². The maximum atomic E-state index is 9.63. The molecule has 2 heterocycles. The van der Waals surface area contributed by atoms with E-state index in [1.807, 2.05) is 84.9 Å². The number of hydrogen-bond acceptors (Lipinski definition) is 7. The molecular weight excluding hydrogens is 617 g/mol. The minimum Gasteiger partial charge on any atom is -0.431 e. The van der Waals surface area contributed by atoms with Gasteiger partial charge in [-0.3, -0.25) is 0 Å². The molecule has 4 atom stereocenters. The number of aliphatic hydroxyl groups is 1. The Hall–Kier alpha value is -4.50. The number of thioether (sulfide) groups is 1. The first kappa shape index (κ1) is 32.1. The van der Waals surface area contributed by atoms with Gasteiger partial charge in [0.2, 0.25) is 0 Å². The molecule has 0 spiro atoms. The highest BCUT2D eigenvalue weighted by Crippen LogP contribution is 2.44. The maximum absolute atomic E-state index is 9.63. The number of hydrogen-bond donors (Lipinski definition) is 2. The number of ether oxygens (including phenoxy) is 2. The average molecular weight is 655 g/mol. The van der Waals surface area contributed by atoms with Crippen molar-refractivity contribution in [3.8, 4) is 33.7 Å². The molecule has 1 saturated heterocycles. The van der Waals surface area contributed by atoms with Crippen molar-refractivity contribution < 1.29 is 19.0 Å². The first-order chi connectivity index (χ1) is 23.6. The van der Waals surface area contributed by atoms with Gasteiger partial charge in [-0.05, 0) is 27.8 Å². The highest BCUT2D eigenvalue weighted by atomic mass is 32.2. The number of aromatic nitrogens is 1. The standard InChI is InChI=1S/C41H38N2O4S/c1-27-36(26-48-41-43-37(30-10-4-2-5-11-30)39(47-41)31-12-6-3-7-13-31)45-40(46-38(27)32-18-16-28(25-44)17-19-32)33-22-20-29(21-23-33)35-15-9-8-14-34(35)24-42/h2-23,27,36,38,40,44H,24-26,42H2,1H3/t27-,36+,38+,40+/m0/s1. The second-order valence-electron chi connectivity index (χ2n) is 12.0. The molecule has 0 amide bonds. The van der Waals surface area contributed by atoms with Gasteiger partial charge in [0, 0.05) is 34.9 Å². The lowest BCUT2D eigenvalue weighted by atomic mass is 9.91. The van der Waals surface area contributed by atoms with Crippen LogP contribution >= 0.6 is 11.8 Å². The normalized spacial score (nSPS) is 19.3. The third-order valence-electron chi connectivity index (χ3n) is 8.92. The summed E-state index contributed by atoms with van der Waals surface area (Å²) < 4.78 is 19.9. The van der Waals surface area contributed by atoms with Crippen molar-refractivity contribution in [2.45, 2.75) is 43.8 Å². The Morgan fingerprint density at radius 3 is 2.04 bits per heavy atom. The molecule has 1 aromatic heterocycles. The fourth-order valence-electron chi connectivity index (χ4n) is 6.20. The largest absolute Gasteiger partial charge is 0.431 e. The van der Waals surface area contributed by atoms with Crippen LogP contribution in [0.4, 0.5) is 0 Å². The molecule has 1 fully saturated rings. The first-order valence-corrected chi connectivity index (χ1v) is 17.2. The van der Waals surface area contributed by atoms with Gasteiger partial charge in [0.05, 0.1) is 18.8 Å². The molecule has 48 heavy (non-hydrogen) atoms. The van der Waals surface area contributed by atoms with E-state index in [-0.39, 0.29) is 24.7 Å². The van der Waals surface area contributed by atoms with Crippen molar-refractivity contribution in [1.29, 1.82) is 0 Å². The van der Waals surface area contributed by atoms with Crippen LogP contribution in [0.5, 0.6) is 0 Å². The van der Waals surface area contributed by atoms with Crippen molar-refractivity contribution in [3.05, 3.63) is 156 Å². The molecule has 1 aliphatic rings. The van der Waals surface area contributed by atoms with E-state index in [0.29, 0.717) is 17.5 Å². The van der Waals surface area contributed by atoms with Gasteiger partial charge in [-0.2, -0.15) is 0 Å². The van der Waals surface area contributed by atoms with Gasteiger partial charge in [-0.15, -0.1) is 0 Å². The smallest absolute Gasteiger partial charge is 0.256 e. The predicted octanol–water partition coefficient (Wildman–Crippen LogP) is 9.21.